The van der Waals surface area contributed by atoms with E-state index in [1.165, 1.54) is 0 Å². The molecule has 0 spiro atoms. The molecule has 3 aromatic rings. The molecule has 1 aliphatic rings. The third-order valence-corrected chi connectivity index (χ3v) is 4.38. The van der Waals surface area contributed by atoms with Crippen LogP contribution in [0.3, 0.4) is 0 Å². The molecule has 1 aliphatic heterocycles. The Bertz CT molecular complexity index is 929. The maximum Gasteiger partial charge on any atom is 0.313 e. The molecular formula is C18H15ClN4O3. The fourth-order valence-corrected chi connectivity index (χ4v) is 3.03. The van der Waals surface area contributed by atoms with Gasteiger partial charge in [0.2, 0.25) is 0 Å². The molecule has 0 fully saturated rings. The first-order valence-corrected chi connectivity index (χ1v) is 8.49. The van der Waals surface area contributed by atoms with Crippen molar-refractivity contribution in [1.29, 1.82) is 0 Å². The fourth-order valence-electron chi connectivity index (χ4n) is 2.83. The van der Waals surface area contributed by atoms with E-state index in [9.17, 15) is 4.79 Å². The van der Waals surface area contributed by atoms with Crippen molar-refractivity contribution in [3.05, 3.63) is 64.9 Å². The Labute approximate surface area is 154 Å². The van der Waals surface area contributed by atoms with Gasteiger partial charge in [0.05, 0.1) is 11.6 Å². The second-order valence-electron chi connectivity index (χ2n) is 5.91. The van der Waals surface area contributed by atoms with Crippen molar-refractivity contribution in [3.8, 4) is 11.4 Å². The number of esters is 1. The lowest BCUT2D eigenvalue weighted by atomic mass is 9.97. The number of nitrogens with zero attached hydrogens (tertiary/aromatic N) is 4. The lowest BCUT2D eigenvalue weighted by molar-refractivity contribution is -0.151. The first kappa shape index (κ1) is 16.5. The van der Waals surface area contributed by atoms with Crippen LogP contribution >= 0.6 is 11.6 Å². The van der Waals surface area contributed by atoms with Gasteiger partial charge < -0.3 is 9.47 Å². The van der Waals surface area contributed by atoms with Crippen LogP contribution in [0.25, 0.3) is 5.69 Å². The molecule has 0 radical (unpaired) electrons. The summed E-state index contributed by atoms with van der Waals surface area (Å²) in [5, 5.41) is 12.1. The number of aromatic nitrogens is 4. The Morgan fingerprint density at radius 1 is 1.27 bits per heavy atom. The summed E-state index contributed by atoms with van der Waals surface area (Å²) in [6, 6.07) is 14.8. The quantitative estimate of drug-likeness (QED) is 0.657. The summed E-state index contributed by atoms with van der Waals surface area (Å²) in [7, 11) is 0. The molecule has 0 saturated carbocycles. The number of benzene rings is 2. The summed E-state index contributed by atoms with van der Waals surface area (Å²) < 4.78 is 12.6. The number of fused-ring (bicyclic) bond motifs is 1. The molecular weight excluding hydrogens is 356 g/mol. The minimum Gasteiger partial charge on any atom is -0.492 e. The SMILES string of the molecule is O=C(OCc1nnnn1-c1ccccc1)[C@@H]1COc2ccc(Cl)cc2C1. The molecule has 4 rings (SSSR count). The number of carbonyl (C=O) groups is 1. The Balaban J connectivity index is 1.42. The summed E-state index contributed by atoms with van der Waals surface area (Å²) in [6.07, 6.45) is 0.526. The highest BCUT2D eigenvalue weighted by atomic mass is 35.5. The number of tetrazole rings is 1. The number of ether oxygens (including phenoxy) is 2. The molecule has 0 bridgehead atoms. The number of rotatable bonds is 4. The van der Waals surface area contributed by atoms with Crippen LogP contribution in [0.4, 0.5) is 0 Å². The second-order valence-corrected chi connectivity index (χ2v) is 6.35. The van der Waals surface area contributed by atoms with Crippen LogP contribution in [0, 0.1) is 5.92 Å². The van der Waals surface area contributed by atoms with Crippen LogP contribution in [0.5, 0.6) is 5.75 Å². The van der Waals surface area contributed by atoms with Gasteiger partial charge in [-0.1, -0.05) is 29.8 Å². The van der Waals surface area contributed by atoms with Gasteiger partial charge in [-0.3, -0.25) is 4.79 Å². The van der Waals surface area contributed by atoms with E-state index >= 15 is 0 Å². The molecule has 132 valence electrons. The van der Waals surface area contributed by atoms with Gasteiger partial charge in [0, 0.05) is 5.02 Å². The third kappa shape index (κ3) is 3.39. The van der Waals surface area contributed by atoms with Crippen LogP contribution in [0.15, 0.2) is 48.5 Å². The summed E-state index contributed by atoms with van der Waals surface area (Å²) in [5.74, 6) is 0.469. The van der Waals surface area contributed by atoms with Gasteiger partial charge in [-0.2, -0.15) is 4.68 Å². The number of halogens is 1. The normalized spacial score (nSPS) is 15.8. The molecule has 0 aliphatic carbocycles. The molecule has 0 N–H and O–H groups in total. The van der Waals surface area contributed by atoms with E-state index in [0.717, 1.165) is 17.0 Å². The number of hydrogen-bond donors (Lipinski definition) is 0. The van der Waals surface area contributed by atoms with Crippen LogP contribution in [0.2, 0.25) is 5.02 Å². The molecule has 1 aromatic heterocycles. The molecule has 2 heterocycles. The Morgan fingerprint density at radius 2 is 2.12 bits per heavy atom. The third-order valence-electron chi connectivity index (χ3n) is 4.14. The average Bonchev–Trinajstić information content (AvgIpc) is 3.15. The fraction of sp³-hybridized carbons (Fsp3) is 0.222. The van der Waals surface area contributed by atoms with E-state index in [1.807, 2.05) is 42.5 Å². The van der Waals surface area contributed by atoms with E-state index in [1.54, 1.807) is 10.7 Å². The van der Waals surface area contributed by atoms with Crippen molar-refractivity contribution in [1.82, 2.24) is 20.2 Å². The smallest absolute Gasteiger partial charge is 0.313 e. The van der Waals surface area contributed by atoms with E-state index < -0.39 is 0 Å². The van der Waals surface area contributed by atoms with E-state index in [4.69, 9.17) is 21.1 Å². The predicted molar refractivity (Wildman–Crippen MR) is 93.1 cm³/mol. The van der Waals surface area contributed by atoms with Crippen molar-refractivity contribution >= 4 is 17.6 Å². The van der Waals surface area contributed by atoms with Crippen molar-refractivity contribution in [3.63, 3.8) is 0 Å². The van der Waals surface area contributed by atoms with E-state index in [2.05, 4.69) is 15.5 Å². The Hall–Kier alpha value is -2.93. The molecule has 2 aromatic carbocycles. The van der Waals surface area contributed by atoms with E-state index in [-0.39, 0.29) is 25.1 Å². The largest absolute Gasteiger partial charge is 0.492 e. The van der Waals surface area contributed by atoms with Gasteiger partial charge >= 0.3 is 5.97 Å². The zero-order valence-corrected chi connectivity index (χ0v) is 14.5. The molecule has 0 saturated heterocycles. The van der Waals surface area contributed by atoms with Gasteiger partial charge in [0.15, 0.2) is 12.4 Å². The number of carbonyl (C=O) groups excluding carboxylic acids is 1. The monoisotopic (exact) mass is 370 g/mol. The van der Waals surface area contributed by atoms with Gasteiger partial charge in [0.1, 0.15) is 12.4 Å². The number of hydrogen-bond acceptors (Lipinski definition) is 6. The van der Waals surface area contributed by atoms with Crippen LogP contribution in [-0.2, 0) is 22.6 Å². The highest BCUT2D eigenvalue weighted by molar-refractivity contribution is 6.30. The first-order valence-electron chi connectivity index (χ1n) is 8.11. The summed E-state index contributed by atoms with van der Waals surface area (Å²) in [5.41, 5.74) is 1.70. The van der Waals surface area contributed by atoms with Crippen LogP contribution in [0.1, 0.15) is 11.4 Å². The summed E-state index contributed by atoms with van der Waals surface area (Å²) >= 11 is 6.01. The maximum atomic E-state index is 12.4. The molecule has 8 heteroatoms. The highest BCUT2D eigenvalue weighted by Gasteiger charge is 2.28. The van der Waals surface area contributed by atoms with Crippen LogP contribution in [-0.4, -0.2) is 32.8 Å². The van der Waals surface area contributed by atoms with E-state index in [0.29, 0.717) is 17.3 Å². The lowest BCUT2D eigenvalue weighted by Crippen LogP contribution is -2.30. The Morgan fingerprint density at radius 3 is 2.96 bits per heavy atom. The first-order chi connectivity index (χ1) is 12.7. The molecule has 7 nitrogen and oxygen atoms in total. The molecule has 0 amide bonds. The second kappa shape index (κ2) is 7.13. The average molecular weight is 371 g/mol. The summed E-state index contributed by atoms with van der Waals surface area (Å²) in [6.45, 7) is 0.261. The van der Waals surface area contributed by atoms with Crippen molar-refractivity contribution in [2.45, 2.75) is 13.0 Å². The standard InChI is InChI=1S/C18H15ClN4O3/c19-14-6-7-16-12(9-14)8-13(10-25-16)18(24)26-11-17-20-21-22-23(17)15-4-2-1-3-5-15/h1-7,9,13H,8,10-11H2/t13-/m0/s1. The highest BCUT2D eigenvalue weighted by Crippen LogP contribution is 2.30. The topological polar surface area (TPSA) is 79.1 Å². The van der Waals surface area contributed by atoms with Crippen molar-refractivity contribution < 1.29 is 14.3 Å². The van der Waals surface area contributed by atoms with Gasteiger partial charge in [-0.25, -0.2) is 0 Å². The molecule has 1 atom stereocenters. The number of para-hydroxylation sites is 1. The molecule has 0 unspecified atom stereocenters. The van der Waals surface area contributed by atoms with Crippen LogP contribution < -0.4 is 4.74 Å². The lowest BCUT2D eigenvalue weighted by Gasteiger charge is -2.24. The van der Waals surface area contributed by atoms with Gasteiger partial charge in [-0.05, 0) is 52.7 Å². The van der Waals surface area contributed by atoms with Gasteiger partial charge in [-0.15, -0.1) is 5.10 Å². The van der Waals surface area contributed by atoms with Crippen molar-refractivity contribution in [2.75, 3.05) is 6.61 Å². The zero-order chi connectivity index (χ0) is 17.9. The Kier molecular flexibility index (Phi) is 4.53. The molecule has 26 heavy (non-hydrogen) atoms. The minimum absolute atomic E-state index is 0.0143. The minimum atomic E-state index is -0.387. The zero-order valence-electron chi connectivity index (χ0n) is 13.7. The van der Waals surface area contributed by atoms with Crippen molar-refractivity contribution in [2.24, 2.45) is 5.92 Å². The summed E-state index contributed by atoms with van der Waals surface area (Å²) in [4.78, 5) is 12.4. The maximum absolute atomic E-state index is 12.4. The predicted octanol–water partition coefficient (Wildman–Crippen LogP) is 2.61. The van der Waals surface area contributed by atoms with Gasteiger partial charge in [0.25, 0.3) is 0 Å².